The van der Waals surface area contributed by atoms with Crippen LogP contribution in [0.2, 0.25) is 0 Å². The van der Waals surface area contributed by atoms with E-state index in [2.05, 4.69) is 5.16 Å². The van der Waals surface area contributed by atoms with Gasteiger partial charge in [-0.3, -0.25) is 4.79 Å². The summed E-state index contributed by atoms with van der Waals surface area (Å²) < 4.78 is 10.3. The van der Waals surface area contributed by atoms with Gasteiger partial charge < -0.3 is 18.9 Å². The highest BCUT2D eigenvalue weighted by molar-refractivity contribution is 5.93. The lowest BCUT2D eigenvalue weighted by Crippen LogP contribution is -2.64. The smallest absolute Gasteiger partial charge is 0.276 e. The Morgan fingerprint density at radius 1 is 1.40 bits per heavy atom. The van der Waals surface area contributed by atoms with Crippen LogP contribution in [0.4, 0.5) is 0 Å². The summed E-state index contributed by atoms with van der Waals surface area (Å²) in [4.78, 5) is 13.8. The molecule has 1 saturated heterocycles. The van der Waals surface area contributed by atoms with E-state index in [1.54, 1.807) is 23.1 Å². The number of amides is 1. The fraction of sp³-hybridized carbons (Fsp3) is 0.429. The Balaban J connectivity index is 1.47. The summed E-state index contributed by atoms with van der Waals surface area (Å²) in [5.41, 5.74) is -0.433. The molecule has 2 aliphatic rings. The van der Waals surface area contributed by atoms with E-state index < -0.39 is 5.60 Å². The first-order valence-electron chi connectivity index (χ1n) is 6.68. The van der Waals surface area contributed by atoms with Gasteiger partial charge in [0.2, 0.25) is 5.76 Å². The van der Waals surface area contributed by atoms with Crippen LogP contribution in [-0.2, 0) is 0 Å². The molecule has 0 unspecified atom stereocenters. The number of hydrogen-bond donors (Lipinski definition) is 1. The van der Waals surface area contributed by atoms with Crippen LogP contribution in [0.5, 0.6) is 0 Å². The highest BCUT2D eigenvalue weighted by atomic mass is 16.5. The minimum Gasteiger partial charge on any atom is -0.461 e. The minimum atomic E-state index is -0.677. The molecule has 0 spiro atoms. The molecule has 4 rings (SSSR count). The number of hydrogen-bond acceptors (Lipinski definition) is 5. The van der Waals surface area contributed by atoms with Crippen LogP contribution >= 0.6 is 0 Å². The molecular formula is C14H14N2O4. The lowest BCUT2D eigenvalue weighted by atomic mass is 9.88. The second-order valence-corrected chi connectivity index (χ2v) is 5.59. The maximum Gasteiger partial charge on any atom is 0.276 e. The molecule has 1 aliphatic heterocycles. The van der Waals surface area contributed by atoms with Gasteiger partial charge in [-0.25, -0.2) is 0 Å². The van der Waals surface area contributed by atoms with Gasteiger partial charge in [-0.05, 0) is 30.9 Å². The molecule has 20 heavy (non-hydrogen) atoms. The summed E-state index contributed by atoms with van der Waals surface area (Å²) in [7, 11) is 0. The van der Waals surface area contributed by atoms with Crippen LogP contribution in [0.25, 0.3) is 11.5 Å². The number of carbonyl (C=O) groups is 1. The first-order chi connectivity index (χ1) is 9.66. The number of rotatable bonds is 3. The number of β-amino-alcohol motifs (C(OH)–C–C–N with tert-alkyl or cyclic N) is 1. The maximum atomic E-state index is 12.2. The van der Waals surface area contributed by atoms with Crippen molar-refractivity contribution < 1.29 is 18.8 Å². The number of likely N-dealkylation sites (tertiary alicyclic amines) is 1. The van der Waals surface area contributed by atoms with Gasteiger partial charge in [0.15, 0.2) is 11.5 Å². The molecule has 0 radical (unpaired) electrons. The van der Waals surface area contributed by atoms with Crippen molar-refractivity contribution in [1.82, 2.24) is 10.1 Å². The molecule has 1 aliphatic carbocycles. The van der Waals surface area contributed by atoms with Crippen molar-refractivity contribution in [2.75, 3.05) is 13.1 Å². The SMILES string of the molecule is O=C(c1cc(-c2ccco2)on1)N1CC(O)(C2CC2)C1. The van der Waals surface area contributed by atoms with Gasteiger partial charge in [0.05, 0.1) is 19.4 Å². The predicted octanol–water partition coefficient (Wildman–Crippen LogP) is 1.53. The zero-order valence-corrected chi connectivity index (χ0v) is 10.8. The summed E-state index contributed by atoms with van der Waals surface area (Å²) >= 11 is 0. The van der Waals surface area contributed by atoms with Gasteiger partial charge >= 0.3 is 0 Å². The maximum absolute atomic E-state index is 12.2. The van der Waals surface area contributed by atoms with Gasteiger partial charge in [-0.2, -0.15) is 0 Å². The molecule has 3 heterocycles. The molecule has 1 N–H and O–H groups in total. The zero-order chi connectivity index (χ0) is 13.7. The number of aromatic nitrogens is 1. The molecule has 2 aromatic heterocycles. The highest BCUT2D eigenvalue weighted by Gasteiger charge is 2.53. The standard InChI is InChI=1S/C14H14N2O4/c17-13(16-7-14(18,8-16)9-3-4-9)10-6-12(20-15-10)11-2-1-5-19-11/h1-2,5-6,9,18H,3-4,7-8H2. The Labute approximate surface area is 115 Å². The van der Waals surface area contributed by atoms with Crippen LogP contribution in [0.3, 0.4) is 0 Å². The van der Waals surface area contributed by atoms with Crippen molar-refractivity contribution in [1.29, 1.82) is 0 Å². The fourth-order valence-electron chi connectivity index (χ4n) is 2.71. The summed E-state index contributed by atoms with van der Waals surface area (Å²) in [5.74, 6) is 1.12. The van der Waals surface area contributed by atoms with Crippen molar-refractivity contribution in [3.8, 4) is 11.5 Å². The molecule has 2 aromatic rings. The largest absolute Gasteiger partial charge is 0.461 e. The van der Waals surface area contributed by atoms with Crippen LogP contribution in [0.15, 0.2) is 33.4 Å². The lowest BCUT2D eigenvalue weighted by molar-refractivity contribution is -0.0960. The van der Waals surface area contributed by atoms with Crippen molar-refractivity contribution in [2.45, 2.75) is 18.4 Å². The van der Waals surface area contributed by atoms with Crippen molar-refractivity contribution in [3.63, 3.8) is 0 Å². The Bertz CT molecular complexity index is 636. The number of aliphatic hydroxyl groups is 1. The third kappa shape index (κ3) is 1.76. The van der Waals surface area contributed by atoms with Gasteiger partial charge in [0.25, 0.3) is 5.91 Å². The molecule has 1 saturated carbocycles. The molecule has 0 aromatic carbocycles. The van der Waals surface area contributed by atoms with Crippen LogP contribution in [0.1, 0.15) is 23.3 Å². The summed E-state index contributed by atoms with van der Waals surface area (Å²) in [6.45, 7) is 0.777. The van der Waals surface area contributed by atoms with E-state index in [1.165, 1.54) is 6.26 Å². The van der Waals surface area contributed by atoms with Crippen LogP contribution in [-0.4, -0.2) is 39.8 Å². The molecule has 6 heteroatoms. The van der Waals surface area contributed by atoms with E-state index >= 15 is 0 Å². The van der Waals surface area contributed by atoms with Gasteiger partial charge in [0, 0.05) is 6.07 Å². The van der Waals surface area contributed by atoms with Gasteiger partial charge in [-0.15, -0.1) is 0 Å². The third-order valence-electron chi connectivity index (χ3n) is 4.05. The molecule has 0 bridgehead atoms. The summed E-state index contributed by atoms with van der Waals surface area (Å²) in [5, 5.41) is 14.0. The number of furan rings is 1. The van der Waals surface area contributed by atoms with E-state index in [4.69, 9.17) is 8.94 Å². The molecule has 2 fully saturated rings. The van der Waals surface area contributed by atoms with Crippen molar-refractivity contribution >= 4 is 5.91 Å². The normalized spacial score (nSPS) is 20.8. The van der Waals surface area contributed by atoms with Crippen molar-refractivity contribution in [2.24, 2.45) is 5.92 Å². The van der Waals surface area contributed by atoms with E-state index in [0.29, 0.717) is 30.5 Å². The van der Waals surface area contributed by atoms with Crippen molar-refractivity contribution in [3.05, 3.63) is 30.2 Å². The second kappa shape index (κ2) is 3.96. The average Bonchev–Trinajstić information content (AvgIpc) is 2.93. The van der Waals surface area contributed by atoms with Crippen LogP contribution in [0, 0.1) is 5.92 Å². The Kier molecular flexibility index (Phi) is 2.32. The average molecular weight is 274 g/mol. The molecule has 104 valence electrons. The Morgan fingerprint density at radius 3 is 2.85 bits per heavy atom. The Morgan fingerprint density at radius 2 is 2.20 bits per heavy atom. The minimum absolute atomic E-state index is 0.211. The monoisotopic (exact) mass is 274 g/mol. The topological polar surface area (TPSA) is 79.7 Å². The first-order valence-corrected chi connectivity index (χ1v) is 6.68. The number of nitrogens with zero attached hydrogens (tertiary/aromatic N) is 2. The van der Waals surface area contributed by atoms with Crippen LogP contribution < -0.4 is 0 Å². The molecule has 6 nitrogen and oxygen atoms in total. The van der Waals surface area contributed by atoms with E-state index in [-0.39, 0.29) is 11.6 Å². The lowest BCUT2D eigenvalue weighted by Gasteiger charge is -2.46. The van der Waals surface area contributed by atoms with E-state index in [1.807, 2.05) is 0 Å². The van der Waals surface area contributed by atoms with E-state index in [9.17, 15) is 9.90 Å². The van der Waals surface area contributed by atoms with E-state index in [0.717, 1.165) is 12.8 Å². The predicted molar refractivity (Wildman–Crippen MR) is 67.8 cm³/mol. The third-order valence-corrected chi connectivity index (χ3v) is 4.05. The quantitative estimate of drug-likeness (QED) is 0.918. The first kappa shape index (κ1) is 11.7. The number of carbonyl (C=O) groups excluding carboxylic acids is 1. The highest BCUT2D eigenvalue weighted by Crippen LogP contribution is 2.44. The molecule has 0 atom stereocenters. The fourth-order valence-corrected chi connectivity index (χ4v) is 2.71. The molecule has 1 amide bonds. The second-order valence-electron chi connectivity index (χ2n) is 5.59. The van der Waals surface area contributed by atoms with Gasteiger partial charge in [-0.1, -0.05) is 5.16 Å². The Hall–Kier alpha value is -2.08. The summed E-state index contributed by atoms with van der Waals surface area (Å²) in [6.07, 6.45) is 3.65. The molecular weight excluding hydrogens is 260 g/mol. The zero-order valence-electron chi connectivity index (χ0n) is 10.8. The van der Waals surface area contributed by atoms with Gasteiger partial charge in [0.1, 0.15) is 5.60 Å². The summed E-state index contributed by atoms with van der Waals surface area (Å²) in [6, 6.07) is 5.05.